The molecule has 0 bridgehead atoms. The van der Waals surface area contributed by atoms with Crippen LogP contribution in [0.25, 0.3) is 11.4 Å². The minimum atomic E-state index is -0.424. The van der Waals surface area contributed by atoms with Gasteiger partial charge < -0.3 is 15.6 Å². The summed E-state index contributed by atoms with van der Waals surface area (Å²) in [7, 11) is 0. The molecule has 1 aromatic carbocycles. The fraction of sp³-hybridized carbons (Fsp3) is 0.438. The van der Waals surface area contributed by atoms with Gasteiger partial charge in [-0.25, -0.2) is 4.39 Å². The Morgan fingerprint density at radius 2 is 2.04 bits per heavy atom. The lowest BCUT2D eigenvalue weighted by molar-refractivity contribution is -0.121. The number of nitrogens with two attached hydrogens (primary N) is 1. The highest BCUT2D eigenvalue weighted by molar-refractivity contribution is 5.75. The Bertz CT molecular complexity index is 647. The smallest absolute Gasteiger partial charge is 0.226 e. The maximum atomic E-state index is 12.9. The number of aryl methyl sites for hydroxylation is 1. The van der Waals surface area contributed by atoms with E-state index in [0.717, 1.165) is 0 Å². The van der Waals surface area contributed by atoms with Crippen molar-refractivity contribution >= 4 is 5.91 Å². The second-order valence-electron chi connectivity index (χ2n) is 6.14. The van der Waals surface area contributed by atoms with Crippen molar-refractivity contribution in [2.45, 2.75) is 38.6 Å². The summed E-state index contributed by atoms with van der Waals surface area (Å²) < 4.78 is 18.0. The van der Waals surface area contributed by atoms with Gasteiger partial charge in [-0.15, -0.1) is 0 Å². The minimum absolute atomic E-state index is 0.0539. The van der Waals surface area contributed by atoms with Gasteiger partial charge in [0.1, 0.15) is 5.82 Å². The van der Waals surface area contributed by atoms with E-state index in [1.165, 1.54) is 12.1 Å². The van der Waals surface area contributed by atoms with Gasteiger partial charge in [-0.3, -0.25) is 4.79 Å². The molecule has 7 heteroatoms. The molecule has 3 N–H and O–H groups in total. The first-order valence-electron chi connectivity index (χ1n) is 7.47. The molecule has 0 radical (unpaired) electrons. The van der Waals surface area contributed by atoms with E-state index < -0.39 is 5.54 Å². The van der Waals surface area contributed by atoms with E-state index in [1.54, 1.807) is 12.1 Å². The van der Waals surface area contributed by atoms with Crippen LogP contribution in [0.15, 0.2) is 28.8 Å². The van der Waals surface area contributed by atoms with Crippen molar-refractivity contribution in [1.82, 2.24) is 15.5 Å². The van der Waals surface area contributed by atoms with E-state index in [2.05, 4.69) is 15.5 Å². The van der Waals surface area contributed by atoms with E-state index in [4.69, 9.17) is 10.3 Å². The number of benzene rings is 1. The van der Waals surface area contributed by atoms with Gasteiger partial charge in [-0.1, -0.05) is 5.16 Å². The van der Waals surface area contributed by atoms with E-state index >= 15 is 0 Å². The zero-order valence-electron chi connectivity index (χ0n) is 13.3. The van der Waals surface area contributed by atoms with Crippen LogP contribution in [0.2, 0.25) is 0 Å². The Labute approximate surface area is 134 Å². The third-order valence-corrected chi connectivity index (χ3v) is 3.11. The largest absolute Gasteiger partial charge is 0.354 e. The second kappa shape index (κ2) is 7.32. The molecule has 6 nitrogen and oxygen atoms in total. The molecule has 1 heterocycles. The summed E-state index contributed by atoms with van der Waals surface area (Å²) in [4.78, 5) is 15.9. The predicted octanol–water partition coefficient (Wildman–Crippen LogP) is 2.05. The van der Waals surface area contributed by atoms with E-state index in [0.29, 0.717) is 43.1 Å². The van der Waals surface area contributed by atoms with Gasteiger partial charge in [0.2, 0.25) is 17.6 Å². The first-order chi connectivity index (χ1) is 10.8. The highest BCUT2D eigenvalue weighted by Crippen LogP contribution is 2.16. The quantitative estimate of drug-likeness (QED) is 0.814. The Morgan fingerprint density at radius 3 is 2.70 bits per heavy atom. The van der Waals surface area contributed by atoms with Crippen LogP contribution in [0, 0.1) is 5.82 Å². The number of rotatable bonds is 7. The number of halogens is 1. The van der Waals surface area contributed by atoms with Crippen molar-refractivity contribution in [3.8, 4) is 11.4 Å². The van der Waals surface area contributed by atoms with Crippen LogP contribution in [0.3, 0.4) is 0 Å². The number of amides is 1. The molecule has 23 heavy (non-hydrogen) atoms. The van der Waals surface area contributed by atoms with Gasteiger partial charge in [-0.2, -0.15) is 4.98 Å². The molecule has 1 aromatic heterocycles. The molecule has 0 aliphatic carbocycles. The van der Waals surface area contributed by atoms with E-state index in [-0.39, 0.29) is 11.7 Å². The van der Waals surface area contributed by atoms with Crippen molar-refractivity contribution in [3.05, 3.63) is 36.0 Å². The normalized spacial score (nSPS) is 11.5. The van der Waals surface area contributed by atoms with Crippen LogP contribution in [0.5, 0.6) is 0 Å². The van der Waals surface area contributed by atoms with Gasteiger partial charge in [-0.05, 0) is 44.5 Å². The third kappa shape index (κ3) is 5.78. The van der Waals surface area contributed by atoms with Gasteiger partial charge in [0.15, 0.2) is 0 Å². The summed E-state index contributed by atoms with van der Waals surface area (Å²) in [5.41, 5.74) is 6.06. The molecule has 0 spiro atoms. The summed E-state index contributed by atoms with van der Waals surface area (Å²) in [5.74, 6) is 0.497. The topological polar surface area (TPSA) is 94.0 Å². The van der Waals surface area contributed by atoms with Crippen molar-refractivity contribution in [2.75, 3.05) is 6.54 Å². The number of hydrogen-bond acceptors (Lipinski definition) is 5. The van der Waals surface area contributed by atoms with E-state index in [1.807, 2.05) is 13.8 Å². The summed E-state index contributed by atoms with van der Waals surface area (Å²) in [6, 6.07) is 5.86. The number of aromatic nitrogens is 2. The Morgan fingerprint density at radius 1 is 1.35 bits per heavy atom. The standard InChI is InChI=1S/C16H21FN4O2/c1-16(2,18)10-19-13(22)4-3-5-14-20-15(21-23-14)11-6-8-12(17)9-7-11/h6-9H,3-5,10,18H2,1-2H3,(H,19,22). The van der Waals surface area contributed by atoms with Gasteiger partial charge in [0, 0.05) is 30.5 Å². The van der Waals surface area contributed by atoms with Crippen molar-refractivity contribution in [1.29, 1.82) is 0 Å². The maximum absolute atomic E-state index is 12.9. The monoisotopic (exact) mass is 320 g/mol. The molecule has 0 atom stereocenters. The van der Waals surface area contributed by atoms with Crippen LogP contribution < -0.4 is 11.1 Å². The van der Waals surface area contributed by atoms with Crippen LogP contribution in [0.4, 0.5) is 4.39 Å². The predicted molar refractivity (Wildman–Crippen MR) is 83.9 cm³/mol. The molecule has 0 unspecified atom stereocenters. The number of nitrogens with zero attached hydrogens (tertiary/aromatic N) is 2. The molecular formula is C16H21FN4O2. The van der Waals surface area contributed by atoms with Gasteiger partial charge >= 0.3 is 0 Å². The van der Waals surface area contributed by atoms with Crippen molar-refractivity contribution < 1.29 is 13.7 Å². The molecule has 0 fully saturated rings. The first-order valence-corrected chi connectivity index (χ1v) is 7.47. The Hall–Kier alpha value is -2.28. The number of nitrogens with one attached hydrogen (secondary N) is 1. The zero-order chi connectivity index (χ0) is 16.9. The van der Waals surface area contributed by atoms with Crippen LogP contribution in [0.1, 0.15) is 32.6 Å². The summed E-state index contributed by atoms with van der Waals surface area (Å²) in [6.45, 7) is 4.13. The Kier molecular flexibility index (Phi) is 5.44. The summed E-state index contributed by atoms with van der Waals surface area (Å²) in [6.07, 6.45) is 1.47. The lowest BCUT2D eigenvalue weighted by Gasteiger charge is -2.18. The molecule has 1 amide bonds. The lowest BCUT2D eigenvalue weighted by atomic mass is 10.1. The van der Waals surface area contributed by atoms with Crippen LogP contribution >= 0.6 is 0 Å². The SMILES string of the molecule is CC(C)(N)CNC(=O)CCCc1nc(-c2ccc(F)cc2)no1. The third-order valence-electron chi connectivity index (χ3n) is 3.11. The lowest BCUT2D eigenvalue weighted by Crippen LogP contribution is -2.45. The highest BCUT2D eigenvalue weighted by Gasteiger charge is 2.13. The fourth-order valence-electron chi connectivity index (χ4n) is 1.89. The summed E-state index contributed by atoms with van der Waals surface area (Å²) >= 11 is 0. The molecule has 2 aromatic rings. The van der Waals surface area contributed by atoms with Crippen molar-refractivity contribution in [2.24, 2.45) is 5.73 Å². The Balaban J connectivity index is 1.79. The van der Waals surface area contributed by atoms with Crippen molar-refractivity contribution in [3.63, 3.8) is 0 Å². The van der Waals surface area contributed by atoms with E-state index in [9.17, 15) is 9.18 Å². The highest BCUT2D eigenvalue weighted by atomic mass is 19.1. The summed E-state index contributed by atoms with van der Waals surface area (Å²) in [5, 5.41) is 6.64. The minimum Gasteiger partial charge on any atom is -0.354 e. The van der Waals surface area contributed by atoms with Gasteiger partial charge in [0.25, 0.3) is 0 Å². The average molecular weight is 320 g/mol. The molecular weight excluding hydrogens is 299 g/mol. The maximum Gasteiger partial charge on any atom is 0.226 e. The fourth-order valence-corrected chi connectivity index (χ4v) is 1.89. The molecule has 0 aliphatic rings. The number of carbonyl (C=O) groups is 1. The number of hydrogen-bond donors (Lipinski definition) is 2. The first kappa shape index (κ1) is 17.1. The zero-order valence-corrected chi connectivity index (χ0v) is 13.3. The van der Waals surface area contributed by atoms with Gasteiger partial charge in [0.05, 0.1) is 0 Å². The number of carbonyl (C=O) groups excluding carboxylic acids is 1. The average Bonchev–Trinajstić information content (AvgIpc) is 2.94. The molecule has 0 saturated heterocycles. The molecule has 0 saturated carbocycles. The second-order valence-corrected chi connectivity index (χ2v) is 6.14. The molecule has 2 rings (SSSR count). The molecule has 124 valence electrons. The molecule has 0 aliphatic heterocycles. The van der Waals surface area contributed by atoms with Crippen LogP contribution in [-0.4, -0.2) is 28.1 Å². The van der Waals surface area contributed by atoms with Crippen LogP contribution in [-0.2, 0) is 11.2 Å².